The van der Waals surface area contributed by atoms with Crippen LogP contribution < -0.4 is 0 Å². The predicted octanol–water partition coefficient (Wildman–Crippen LogP) is 4.54. The van der Waals surface area contributed by atoms with E-state index in [1.165, 1.54) is 24.7 Å². The molecule has 1 atom stereocenters. The van der Waals surface area contributed by atoms with Gasteiger partial charge in [0.2, 0.25) is 5.91 Å². The maximum absolute atomic E-state index is 13.9. The Morgan fingerprint density at radius 3 is 2.67 bits per heavy atom. The predicted molar refractivity (Wildman–Crippen MR) is 117 cm³/mol. The van der Waals surface area contributed by atoms with Gasteiger partial charge in [-0.1, -0.05) is 6.58 Å². The maximum Gasteiger partial charge on any atom is 0.416 e. The summed E-state index contributed by atoms with van der Waals surface area (Å²) in [5, 5.41) is 7.28. The molecule has 1 aliphatic heterocycles. The molecule has 6 nitrogen and oxygen atoms in total. The lowest BCUT2D eigenvalue weighted by atomic mass is 9.77. The van der Waals surface area contributed by atoms with Crippen molar-refractivity contribution in [3.8, 4) is 0 Å². The Hall–Kier alpha value is -3.23. The van der Waals surface area contributed by atoms with Crippen molar-refractivity contribution in [1.29, 1.82) is 0 Å². The molecular weight excluding hydrogens is 431 g/mol. The molecule has 3 aromatic rings. The standard InChI is InChI=1S/C24H24F3N5O/c1-2-21(33)32-9-7-14(8-10-32)23-16-4-3-15(11-20(16)28-13-29-23)22-17-12-30-31-19(17)6-5-18(22)24(25,26)27/h2,5-6,12-15H,1,3-4,7-11H2,(H,30,31). The average Bonchev–Trinajstić information content (AvgIpc) is 3.31. The highest BCUT2D eigenvalue weighted by molar-refractivity contribution is 5.87. The van der Waals surface area contributed by atoms with Crippen molar-refractivity contribution >= 4 is 16.8 Å². The van der Waals surface area contributed by atoms with E-state index in [0.29, 0.717) is 48.8 Å². The van der Waals surface area contributed by atoms with E-state index in [9.17, 15) is 18.0 Å². The lowest BCUT2D eigenvalue weighted by Gasteiger charge is -2.33. The van der Waals surface area contributed by atoms with Crippen LogP contribution >= 0.6 is 0 Å². The molecule has 1 aromatic carbocycles. The second kappa shape index (κ2) is 8.28. The molecule has 1 saturated heterocycles. The summed E-state index contributed by atoms with van der Waals surface area (Å²) in [6, 6.07) is 2.59. The van der Waals surface area contributed by atoms with Crippen molar-refractivity contribution in [2.45, 2.75) is 50.1 Å². The van der Waals surface area contributed by atoms with Crippen molar-refractivity contribution in [1.82, 2.24) is 25.1 Å². The van der Waals surface area contributed by atoms with E-state index in [2.05, 4.69) is 26.7 Å². The zero-order valence-electron chi connectivity index (χ0n) is 18.0. The third kappa shape index (κ3) is 3.89. The molecule has 0 bridgehead atoms. The number of H-pyrrole nitrogens is 1. The molecule has 33 heavy (non-hydrogen) atoms. The highest BCUT2D eigenvalue weighted by atomic mass is 19.4. The van der Waals surface area contributed by atoms with E-state index < -0.39 is 11.7 Å². The number of likely N-dealkylation sites (tertiary alicyclic amines) is 1. The van der Waals surface area contributed by atoms with Gasteiger partial charge in [-0.3, -0.25) is 9.89 Å². The van der Waals surface area contributed by atoms with Gasteiger partial charge in [0.1, 0.15) is 6.33 Å². The highest BCUT2D eigenvalue weighted by Crippen LogP contribution is 2.44. The summed E-state index contributed by atoms with van der Waals surface area (Å²) in [6.07, 6.45) is 3.18. The maximum atomic E-state index is 13.9. The zero-order valence-corrected chi connectivity index (χ0v) is 18.0. The SMILES string of the molecule is C=CC(=O)N1CCC(c2ncnc3c2CCC(c2c(C(F)(F)F)ccc4[nH]ncc24)C3)CC1. The number of halogens is 3. The molecule has 172 valence electrons. The summed E-state index contributed by atoms with van der Waals surface area (Å²) in [5.41, 5.74) is 3.19. The first-order valence-electron chi connectivity index (χ1n) is 11.1. The number of alkyl halides is 3. The third-order valence-electron chi connectivity index (χ3n) is 7.00. The summed E-state index contributed by atoms with van der Waals surface area (Å²) >= 11 is 0. The molecule has 5 rings (SSSR count). The number of carbonyl (C=O) groups is 1. The number of piperidine rings is 1. The first-order valence-corrected chi connectivity index (χ1v) is 11.1. The number of carbonyl (C=O) groups excluding carboxylic acids is 1. The van der Waals surface area contributed by atoms with Gasteiger partial charge < -0.3 is 4.90 Å². The van der Waals surface area contributed by atoms with Gasteiger partial charge in [0, 0.05) is 30.1 Å². The van der Waals surface area contributed by atoms with Crippen LogP contribution in [0.4, 0.5) is 13.2 Å². The van der Waals surface area contributed by atoms with Gasteiger partial charge in [-0.2, -0.15) is 18.3 Å². The molecule has 1 N–H and O–H groups in total. The summed E-state index contributed by atoms with van der Waals surface area (Å²) in [6.45, 7) is 4.85. The fourth-order valence-electron chi connectivity index (χ4n) is 5.39. The Labute approximate surface area is 188 Å². The summed E-state index contributed by atoms with van der Waals surface area (Å²) in [7, 11) is 0. The monoisotopic (exact) mass is 455 g/mol. The van der Waals surface area contributed by atoms with Crippen molar-refractivity contribution in [2.24, 2.45) is 0 Å². The lowest BCUT2D eigenvalue weighted by molar-refractivity contribution is -0.138. The van der Waals surface area contributed by atoms with Crippen LogP contribution in [-0.4, -0.2) is 44.1 Å². The molecule has 2 aromatic heterocycles. The Morgan fingerprint density at radius 1 is 1.15 bits per heavy atom. The minimum absolute atomic E-state index is 0.0603. The summed E-state index contributed by atoms with van der Waals surface area (Å²) < 4.78 is 41.6. The number of nitrogens with zero attached hydrogens (tertiary/aromatic N) is 4. The van der Waals surface area contributed by atoms with Crippen LogP contribution in [0.25, 0.3) is 10.9 Å². The molecule has 1 aliphatic carbocycles. The molecular formula is C24H24F3N5O. The molecule has 1 unspecified atom stereocenters. The van der Waals surface area contributed by atoms with Crippen molar-refractivity contribution in [3.05, 3.63) is 65.4 Å². The van der Waals surface area contributed by atoms with Crippen molar-refractivity contribution in [3.63, 3.8) is 0 Å². The average molecular weight is 455 g/mol. The fraction of sp³-hybridized carbons (Fsp3) is 0.417. The third-order valence-corrected chi connectivity index (χ3v) is 7.00. The van der Waals surface area contributed by atoms with Crippen LogP contribution in [0.15, 0.2) is 37.3 Å². The summed E-state index contributed by atoms with van der Waals surface area (Å²) in [5.74, 6) is -0.143. The Morgan fingerprint density at radius 2 is 1.94 bits per heavy atom. The Bertz CT molecular complexity index is 1210. The largest absolute Gasteiger partial charge is 0.416 e. The van der Waals surface area contributed by atoms with Crippen LogP contribution in [0.2, 0.25) is 0 Å². The highest BCUT2D eigenvalue weighted by Gasteiger charge is 2.38. The minimum Gasteiger partial charge on any atom is -0.339 e. The van der Waals surface area contributed by atoms with Crippen LogP contribution in [-0.2, 0) is 23.8 Å². The van der Waals surface area contributed by atoms with Crippen molar-refractivity contribution < 1.29 is 18.0 Å². The Kier molecular flexibility index (Phi) is 5.42. The second-order valence-electron chi connectivity index (χ2n) is 8.78. The Balaban J connectivity index is 1.44. The minimum atomic E-state index is -4.44. The molecule has 0 saturated carbocycles. The molecule has 0 spiro atoms. The number of aromatic nitrogens is 4. The summed E-state index contributed by atoms with van der Waals surface area (Å²) in [4.78, 5) is 22.7. The van der Waals surface area contributed by atoms with E-state index in [-0.39, 0.29) is 17.7 Å². The quantitative estimate of drug-likeness (QED) is 0.589. The molecule has 2 aliphatic rings. The zero-order chi connectivity index (χ0) is 23.2. The number of fused-ring (bicyclic) bond motifs is 2. The topological polar surface area (TPSA) is 74.8 Å². The van der Waals surface area contributed by atoms with Crippen molar-refractivity contribution in [2.75, 3.05) is 13.1 Å². The van der Waals surface area contributed by atoms with Gasteiger partial charge in [0.05, 0.1) is 23.0 Å². The van der Waals surface area contributed by atoms with Gasteiger partial charge in [0.15, 0.2) is 0 Å². The van der Waals surface area contributed by atoms with E-state index >= 15 is 0 Å². The van der Waals surface area contributed by atoms with Gasteiger partial charge in [-0.05, 0) is 67.4 Å². The molecule has 1 amide bonds. The number of aromatic amines is 1. The van der Waals surface area contributed by atoms with E-state index in [4.69, 9.17) is 0 Å². The molecule has 1 fully saturated rings. The van der Waals surface area contributed by atoms with Crippen LogP contribution in [0, 0.1) is 0 Å². The van der Waals surface area contributed by atoms with E-state index in [1.54, 1.807) is 4.90 Å². The van der Waals surface area contributed by atoms with E-state index in [1.807, 2.05) is 0 Å². The number of amides is 1. The van der Waals surface area contributed by atoms with Gasteiger partial charge in [0.25, 0.3) is 0 Å². The normalized spacial score (nSPS) is 19.5. The first kappa shape index (κ1) is 21.6. The van der Waals surface area contributed by atoms with Crippen LogP contribution in [0.3, 0.4) is 0 Å². The second-order valence-corrected chi connectivity index (χ2v) is 8.78. The van der Waals surface area contributed by atoms with Gasteiger partial charge in [-0.15, -0.1) is 0 Å². The van der Waals surface area contributed by atoms with Gasteiger partial charge >= 0.3 is 6.18 Å². The van der Waals surface area contributed by atoms with Crippen LogP contribution in [0.1, 0.15) is 59.2 Å². The first-order chi connectivity index (χ1) is 15.9. The number of benzene rings is 1. The van der Waals surface area contributed by atoms with E-state index in [0.717, 1.165) is 35.9 Å². The number of hydrogen-bond donors (Lipinski definition) is 1. The molecule has 9 heteroatoms. The lowest BCUT2D eigenvalue weighted by Crippen LogP contribution is -2.37. The molecule has 0 radical (unpaired) electrons. The number of rotatable bonds is 3. The number of nitrogens with one attached hydrogen (secondary N) is 1. The fourth-order valence-corrected chi connectivity index (χ4v) is 5.39. The smallest absolute Gasteiger partial charge is 0.339 e. The van der Waals surface area contributed by atoms with Gasteiger partial charge in [-0.25, -0.2) is 9.97 Å². The molecule has 3 heterocycles. The van der Waals surface area contributed by atoms with Crippen LogP contribution in [0.5, 0.6) is 0 Å². The number of hydrogen-bond acceptors (Lipinski definition) is 4.